The van der Waals surface area contributed by atoms with Gasteiger partial charge in [0, 0.05) is 12.4 Å². The first kappa shape index (κ1) is 12.1. The van der Waals surface area contributed by atoms with Crippen molar-refractivity contribution in [2.24, 2.45) is 0 Å². The molecular weight excluding hydrogens is 218 g/mol. The van der Waals surface area contributed by atoms with Crippen LogP contribution in [0.15, 0.2) is 17.3 Å². The van der Waals surface area contributed by atoms with E-state index in [1.807, 2.05) is 0 Å². The summed E-state index contributed by atoms with van der Waals surface area (Å²) in [7, 11) is 1.76. The van der Waals surface area contributed by atoms with Gasteiger partial charge in [0.2, 0.25) is 0 Å². The largest absolute Gasteiger partial charge is 0.247 e. The Kier molecular flexibility index (Phi) is 3.13. The lowest BCUT2D eigenvalue weighted by molar-refractivity contribution is 0.295. The van der Waals surface area contributed by atoms with Crippen molar-refractivity contribution in [1.29, 1.82) is 0 Å². The van der Waals surface area contributed by atoms with Gasteiger partial charge in [-0.15, -0.1) is 0 Å². The van der Waals surface area contributed by atoms with E-state index in [1.54, 1.807) is 0 Å². The average Bonchev–Trinajstić information content (AvgIpc) is 2.17. The summed E-state index contributed by atoms with van der Waals surface area (Å²) >= 11 is 0. The zero-order chi connectivity index (χ0) is 11.7. The Labute approximate surface area is 89.3 Å². The molecule has 0 aromatic carbocycles. The molecular formula is C8H10BFN2O2S. The quantitative estimate of drug-likeness (QED) is 0.710. The highest BCUT2D eigenvalue weighted by molar-refractivity contribution is 7.91. The van der Waals surface area contributed by atoms with Crippen molar-refractivity contribution in [3.05, 3.63) is 18.2 Å². The summed E-state index contributed by atoms with van der Waals surface area (Å²) in [6.07, 6.45) is 2.12. The van der Waals surface area contributed by atoms with Gasteiger partial charge in [-0.05, 0) is 6.92 Å². The lowest BCUT2D eigenvalue weighted by Gasteiger charge is -2.12. The van der Waals surface area contributed by atoms with Gasteiger partial charge in [-0.2, -0.15) is 0 Å². The Bertz CT molecular complexity index is 439. The van der Waals surface area contributed by atoms with Gasteiger partial charge in [0.05, 0.1) is 5.75 Å². The maximum absolute atomic E-state index is 13.1. The van der Waals surface area contributed by atoms with Crippen LogP contribution < -0.4 is 0 Å². The van der Waals surface area contributed by atoms with Gasteiger partial charge in [-0.25, -0.2) is 22.8 Å². The molecule has 0 aliphatic rings. The second kappa shape index (κ2) is 3.88. The molecule has 7 heteroatoms. The average molecular weight is 228 g/mol. The lowest BCUT2D eigenvalue weighted by atomic mass is 9.85. The first-order chi connectivity index (χ1) is 6.77. The van der Waals surface area contributed by atoms with Crippen LogP contribution >= 0.6 is 0 Å². The van der Waals surface area contributed by atoms with E-state index in [1.165, 1.54) is 6.92 Å². The molecule has 0 aliphatic heterocycles. The molecule has 1 unspecified atom stereocenters. The number of aromatic nitrogens is 2. The van der Waals surface area contributed by atoms with Crippen LogP contribution in [0, 0.1) is 0 Å². The first-order valence-electron chi connectivity index (χ1n) is 4.30. The fourth-order valence-corrected chi connectivity index (χ4v) is 1.66. The third-order valence-electron chi connectivity index (χ3n) is 1.80. The molecule has 0 bridgehead atoms. The second-order valence-corrected chi connectivity index (χ2v) is 5.50. The summed E-state index contributed by atoms with van der Waals surface area (Å²) < 4.78 is 35.8. The van der Waals surface area contributed by atoms with E-state index < -0.39 is 15.4 Å². The van der Waals surface area contributed by atoms with Crippen molar-refractivity contribution in [1.82, 2.24) is 9.97 Å². The number of rotatable bonds is 3. The standard InChI is InChI=1S/C8H10BFN2O2S/c1-3-15(13,14)6-4-11-7(12-5-6)8(2,9)10/h4-5H,3H2,1-2H3. The molecule has 80 valence electrons. The van der Waals surface area contributed by atoms with Gasteiger partial charge in [0.15, 0.2) is 15.7 Å². The summed E-state index contributed by atoms with van der Waals surface area (Å²) in [6.45, 7) is 2.60. The summed E-state index contributed by atoms with van der Waals surface area (Å²) in [4.78, 5) is 7.12. The van der Waals surface area contributed by atoms with Gasteiger partial charge < -0.3 is 0 Å². The second-order valence-electron chi connectivity index (χ2n) is 3.22. The van der Waals surface area contributed by atoms with Crippen molar-refractivity contribution in [2.75, 3.05) is 5.75 Å². The highest BCUT2D eigenvalue weighted by Crippen LogP contribution is 2.17. The molecule has 4 nitrogen and oxygen atoms in total. The van der Waals surface area contributed by atoms with Crippen molar-refractivity contribution in [3.63, 3.8) is 0 Å². The number of halogens is 1. The molecule has 15 heavy (non-hydrogen) atoms. The first-order valence-corrected chi connectivity index (χ1v) is 5.95. The number of hydrogen-bond donors (Lipinski definition) is 0. The summed E-state index contributed by atoms with van der Waals surface area (Å²) in [5, 5.41) is 0. The smallest absolute Gasteiger partial charge is 0.181 e. The third-order valence-corrected chi connectivity index (χ3v) is 3.49. The molecule has 0 fully saturated rings. The van der Waals surface area contributed by atoms with Crippen LogP contribution in [0.25, 0.3) is 0 Å². The summed E-state index contributed by atoms with van der Waals surface area (Å²) in [5.74, 6) is -0.289. The molecule has 0 saturated heterocycles. The van der Waals surface area contributed by atoms with Crippen LogP contribution in [0.4, 0.5) is 4.39 Å². The van der Waals surface area contributed by atoms with E-state index in [0.717, 1.165) is 19.3 Å². The van der Waals surface area contributed by atoms with Crippen LogP contribution in [0.5, 0.6) is 0 Å². The highest BCUT2D eigenvalue weighted by Gasteiger charge is 2.22. The zero-order valence-corrected chi connectivity index (χ0v) is 9.25. The monoisotopic (exact) mass is 228 g/mol. The lowest BCUT2D eigenvalue weighted by Crippen LogP contribution is -2.19. The van der Waals surface area contributed by atoms with Crippen LogP contribution in [0.1, 0.15) is 19.7 Å². The molecule has 2 radical (unpaired) electrons. The zero-order valence-electron chi connectivity index (χ0n) is 8.44. The minimum absolute atomic E-state index is 0.0296. The Hall–Kier alpha value is -0.975. The maximum atomic E-state index is 13.1. The Morgan fingerprint density at radius 2 is 1.93 bits per heavy atom. The van der Waals surface area contributed by atoms with Gasteiger partial charge in [-0.1, -0.05) is 6.92 Å². The summed E-state index contributed by atoms with van der Waals surface area (Å²) in [5.41, 5.74) is -2.16. The van der Waals surface area contributed by atoms with Gasteiger partial charge >= 0.3 is 0 Å². The third kappa shape index (κ3) is 2.74. The fraction of sp³-hybridized carbons (Fsp3) is 0.500. The molecule has 1 heterocycles. The normalized spacial score (nSPS) is 15.9. The van der Waals surface area contributed by atoms with E-state index in [9.17, 15) is 12.8 Å². The number of nitrogens with zero attached hydrogens (tertiary/aromatic N) is 2. The molecule has 0 saturated carbocycles. The Morgan fingerprint density at radius 3 is 2.27 bits per heavy atom. The fourth-order valence-electron chi connectivity index (χ4n) is 0.896. The van der Waals surface area contributed by atoms with Crippen molar-refractivity contribution < 1.29 is 12.8 Å². The topological polar surface area (TPSA) is 59.9 Å². The molecule has 1 rings (SSSR count). The molecule has 1 atom stereocenters. The van der Waals surface area contributed by atoms with E-state index in [-0.39, 0.29) is 16.5 Å². The predicted octanol–water partition coefficient (Wildman–Crippen LogP) is 0.581. The van der Waals surface area contributed by atoms with Crippen molar-refractivity contribution >= 4 is 17.7 Å². The van der Waals surface area contributed by atoms with Crippen LogP contribution in [0.2, 0.25) is 0 Å². The Balaban J connectivity index is 3.12. The van der Waals surface area contributed by atoms with Crippen molar-refractivity contribution in [2.45, 2.75) is 24.3 Å². The van der Waals surface area contributed by atoms with Crippen LogP contribution in [-0.4, -0.2) is 32.0 Å². The highest BCUT2D eigenvalue weighted by atomic mass is 32.2. The maximum Gasteiger partial charge on any atom is 0.181 e. The Morgan fingerprint density at radius 1 is 1.47 bits per heavy atom. The summed E-state index contributed by atoms with van der Waals surface area (Å²) in [6, 6.07) is 0. The van der Waals surface area contributed by atoms with E-state index in [0.29, 0.717) is 0 Å². The molecule has 0 spiro atoms. The van der Waals surface area contributed by atoms with E-state index >= 15 is 0 Å². The number of hydrogen-bond acceptors (Lipinski definition) is 4. The van der Waals surface area contributed by atoms with Gasteiger partial charge in [-0.3, -0.25) is 0 Å². The molecule has 0 amide bonds. The predicted molar refractivity (Wildman–Crippen MR) is 54.0 cm³/mol. The van der Waals surface area contributed by atoms with Crippen LogP contribution in [-0.2, 0) is 15.4 Å². The van der Waals surface area contributed by atoms with Crippen LogP contribution in [0.3, 0.4) is 0 Å². The SMILES string of the molecule is [B]C(C)(F)c1ncc(S(=O)(=O)CC)cn1. The number of sulfone groups is 1. The molecule has 1 aromatic heterocycles. The van der Waals surface area contributed by atoms with E-state index in [2.05, 4.69) is 9.97 Å². The number of alkyl halides is 1. The molecule has 0 aliphatic carbocycles. The molecule has 1 aromatic rings. The van der Waals surface area contributed by atoms with Crippen molar-refractivity contribution in [3.8, 4) is 0 Å². The van der Waals surface area contributed by atoms with Gasteiger partial charge in [0.1, 0.15) is 18.3 Å². The van der Waals surface area contributed by atoms with E-state index in [4.69, 9.17) is 7.85 Å². The minimum Gasteiger partial charge on any atom is -0.247 e. The molecule has 0 N–H and O–H groups in total. The minimum atomic E-state index is -3.35. The van der Waals surface area contributed by atoms with Gasteiger partial charge in [0.25, 0.3) is 0 Å².